The average molecular weight is 261 g/mol. The predicted octanol–water partition coefficient (Wildman–Crippen LogP) is 1.61. The second kappa shape index (κ2) is 6.15. The van der Waals surface area contributed by atoms with E-state index in [2.05, 4.69) is 16.4 Å². The molecule has 1 unspecified atom stereocenters. The van der Waals surface area contributed by atoms with Crippen molar-refractivity contribution in [3.63, 3.8) is 0 Å². The maximum absolute atomic E-state index is 12.4. The third kappa shape index (κ3) is 3.32. The van der Waals surface area contributed by atoms with Crippen LogP contribution in [0.3, 0.4) is 0 Å². The fourth-order valence-corrected chi connectivity index (χ4v) is 2.88. The maximum Gasteiger partial charge on any atom is 0.242 e. The first-order valence-electron chi connectivity index (χ1n) is 7.00. The highest BCUT2D eigenvalue weighted by molar-refractivity contribution is 5.86. The summed E-state index contributed by atoms with van der Waals surface area (Å²) in [5, 5.41) is 3.43. The average Bonchev–Trinajstić information content (AvgIpc) is 2.89. The Morgan fingerprint density at radius 2 is 2.37 bits per heavy atom. The number of aryl methyl sites for hydroxylation is 1. The van der Waals surface area contributed by atoms with E-state index < -0.39 is 0 Å². The minimum absolute atomic E-state index is 0.219. The predicted molar refractivity (Wildman–Crippen MR) is 75.8 cm³/mol. The van der Waals surface area contributed by atoms with Crippen molar-refractivity contribution in [3.8, 4) is 0 Å². The lowest BCUT2D eigenvalue weighted by molar-refractivity contribution is -0.135. The Balaban J connectivity index is 1.93. The Morgan fingerprint density at radius 1 is 1.53 bits per heavy atom. The summed E-state index contributed by atoms with van der Waals surface area (Å²) in [6.07, 6.45) is 8.64. The van der Waals surface area contributed by atoms with Crippen LogP contribution in [0.5, 0.6) is 0 Å². The number of nitrogens with one attached hydrogen (secondary N) is 1. The molecule has 1 aliphatic rings. The summed E-state index contributed by atoms with van der Waals surface area (Å²) in [6, 6.07) is 4.05. The van der Waals surface area contributed by atoms with Crippen molar-refractivity contribution in [2.45, 2.75) is 37.6 Å². The molecule has 0 radical (unpaired) electrons. The van der Waals surface area contributed by atoms with Crippen molar-refractivity contribution in [2.24, 2.45) is 0 Å². The molecule has 1 aromatic heterocycles. The van der Waals surface area contributed by atoms with Gasteiger partial charge in [-0.15, -0.1) is 0 Å². The first kappa shape index (κ1) is 14.0. The third-order valence-electron chi connectivity index (χ3n) is 3.85. The second-order valence-corrected chi connectivity index (χ2v) is 5.53. The summed E-state index contributed by atoms with van der Waals surface area (Å²) < 4.78 is 0. The highest BCUT2D eigenvalue weighted by Crippen LogP contribution is 2.27. The minimum Gasteiger partial charge on any atom is -0.347 e. The molecule has 1 N–H and O–H groups in total. The van der Waals surface area contributed by atoms with Gasteiger partial charge in [-0.25, -0.2) is 0 Å². The van der Waals surface area contributed by atoms with Crippen LogP contribution < -0.4 is 5.32 Å². The standard InChI is InChI=1S/C15H23N3O/c1-18(2)14(19)15(9-5-11-17-15)8-3-6-13-7-4-10-16-12-13/h4,7,10,12,17H,3,5-6,8-9,11H2,1-2H3. The van der Waals surface area contributed by atoms with E-state index in [1.165, 1.54) is 5.56 Å². The molecule has 2 heterocycles. The summed E-state index contributed by atoms with van der Waals surface area (Å²) in [7, 11) is 3.68. The van der Waals surface area contributed by atoms with Crippen molar-refractivity contribution in [1.82, 2.24) is 15.2 Å². The molecule has 1 atom stereocenters. The van der Waals surface area contributed by atoms with Crippen molar-refractivity contribution in [1.29, 1.82) is 0 Å². The Labute approximate surface area is 115 Å². The van der Waals surface area contributed by atoms with Crippen molar-refractivity contribution >= 4 is 5.91 Å². The second-order valence-electron chi connectivity index (χ2n) is 5.53. The van der Waals surface area contributed by atoms with E-state index in [-0.39, 0.29) is 11.4 Å². The largest absolute Gasteiger partial charge is 0.347 e. The molecule has 2 rings (SSSR count). The van der Waals surface area contributed by atoms with Gasteiger partial charge in [-0.3, -0.25) is 9.78 Å². The number of amides is 1. The van der Waals surface area contributed by atoms with E-state index in [0.29, 0.717) is 0 Å². The number of pyridine rings is 1. The van der Waals surface area contributed by atoms with Gasteiger partial charge in [0.15, 0.2) is 0 Å². The van der Waals surface area contributed by atoms with E-state index in [1.54, 1.807) is 11.1 Å². The molecule has 0 aromatic carbocycles. The van der Waals surface area contributed by atoms with Crippen LogP contribution in [-0.4, -0.2) is 42.0 Å². The molecule has 4 heteroatoms. The molecule has 1 aromatic rings. The van der Waals surface area contributed by atoms with Gasteiger partial charge < -0.3 is 10.2 Å². The summed E-state index contributed by atoms with van der Waals surface area (Å²) in [5.74, 6) is 0.219. The number of carbonyl (C=O) groups excluding carboxylic acids is 1. The Bertz CT molecular complexity index is 411. The van der Waals surface area contributed by atoms with Crippen molar-refractivity contribution < 1.29 is 4.79 Å². The molecule has 0 aliphatic carbocycles. The van der Waals surface area contributed by atoms with Gasteiger partial charge >= 0.3 is 0 Å². The summed E-state index contributed by atoms with van der Waals surface area (Å²) in [5.41, 5.74) is 0.916. The molecule has 0 spiro atoms. The fourth-order valence-electron chi connectivity index (χ4n) is 2.88. The monoisotopic (exact) mass is 261 g/mol. The first-order valence-corrected chi connectivity index (χ1v) is 7.00. The number of likely N-dealkylation sites (N-methyl/N-ethyl adjacent to an activating group) is 1. The molecule has 0 saturated carbocycles. The molecule has 1 amide bonds. The highest BCUT2D eigenvalue weighted by atomic mass is 16.2. The van der Waals surface area contributed by atoms with Crippen molar-refractivity contribution in [2.75, 3.05) is 20.6 Å². The van der Waals surface area contributed by atoms with Crippen LogP contribution in [0, 0.1) is 0 Å². The van der Waals surface area contributed by atoms with Gasteiger partial charge in [0.05, 0.1) is 5.54 Å². The molecular formula is C15H23N3O. The van der Waals surface area contributed by atoms with E-state index in [9.17, 15) is 4.79 Å². The van der Waals surface area contributed by atoms with Gasteiger partial charge in [-0.2, -0.15) is 0 Å². The number of aromatic nitrogens is 1. The van der Waals surface area contributed by atoms with Gasteiger partial charge in [-0.1, -0.05) is 6.07 Å². The molecular weight excluding hydrogens is 238 g/mol. The van der Waals surface area contributed by atoms with E-state index >= 15 is 0 Å². The number of nitrogens with zero attached hydrogens (tertiary/aromatic N) is 2. The molecule has 19 heavy (non-hydrogen) atoms. The van der Waals surface area contributed by atoms with Crippen molar-refractivity contribution in [3.05, 3.63) is 30.1 Å². The lowest BCUT2D eigenvalue weighted by Gasteiger charge is -2.31. The number of hydrogen-bond donors (Lipinski definition) is 1. The third-order valence-corrected chi connectivity index (χ3v) is 3.85. The van der Waals surface area contributed by atoms with Crippen LogP contribution in [0.25, 0.3) is 0 Å². The van der Waals surface area contributed by atoms with Crippen LogP contribution in [0.2, 0.25) is 0 Å². The van der Waals surface area contributed by atoms with Gasteiger partial charge in [0, 0.05) is 26.5 Å². The number of rotatable bonds is 5. The SMILES string of the molecule is CN(C)C(=O)C1(CCCc2cccnc2)CCCN1. The minimum atomic E-state index is -0.328. The summed E-state index contributed by atoms with van der Waals surface area (Å²) >= 11 is 0. The Kier molecular flexibility index (Phi) is 4.53. The molecule has 1 saturated heterocycles. The maximum atomic E-state index is 12.4. The Morgan fingerprint density at radius 3 is 2.95 bits per heavy atom. The lowest BCUT2D eigenvalue weighted by Crippen LogP contribution is -2.53. The topological polar surface area (TPSA) is 45.2 Å². The van der Waals surface area contributed by atoms with Crippen LogP contribution in [0.4, 0.5) is 0 Å². The molecule has 4 nitrogen and oxygen atoms in total. The van der Waals surface area contributed by atoms with Crippen LogP contribution >= 0.6 is 0 Å². The lowest BCUT2D eigenvalue weighted by atomic mass is 9.88. The van der Waals surface area contributed by atoms with Gasteiger partial charge in [-0.05, 0) is 50.3 Å². The molecule has 104 valence electrons. The van der Waals surface area contributed by atoms with Crippen LogP contribution in [0.1, 0.15) is 31.2 Å². The van der Waals surface area contributed by atoms with Gasteiger partial charge in [0.1, 0.15) is 0 Å². The molecule has 1 fully saturated rings. The molecule has 0 bridgehead atoms. The Hall–Kier alpha value is -1.42. The van der Waals surface area contributed by atoms with Gasteiger partial charge in [0.25, 0.3) is 0 Å². The normalized spacial score (nSPS) is 22.4. The summed E-state index contributed by atoms with van der Waals surface area (Å²) in [4.78, 5) is 18.2. The van der Waals surface area contributed by atoms with Gasteiger partial charge in [0.2, 0.25) is 5.91 Å². The highest BCUT2D eigenvalue weighted by Gasteiger charge is 2.41. The fraction of sp³-hybridized carbons (Fsp3) is 0.600. The summed E-state index contributed by atoms with van der Waals surface area (Å²) in [6.45, 7) is 0.951. The van der Waals surface area contributed by atoms with Crippen LogP contribution in [0.15, 0.2) is 24.5 Å². The first-order chi connectivity index (χ1) is 9.14. The number of carbonyl (C=O) groups is 1. The van der Waals surface area contributed by atoms with Crippen LogP contribution in [-0.2, 0) is 11.2 Å². The zero-order valence-electron chi connectivity index (χ0n) is 11.9. The van der Waals surface area contributed by atoms with E-state index in [1.807, 2.05) is 26.4 Å². The number of hydrogen-bond acceptors (Lipinski definition) is 3. The molecule has 1 aliphatic heterocycles. The van der Waals surface area contributed by atoms with E-state index in [0.717, 1.165) is 38.6 Å². The zero-order chi connectivity index (χ0) is 13.7. The van der Waals surface area contributed by atoms with E-state index in [4.69, 9.17) is 0 Å². The quantitative estimate of drug-likeness (QED) is 0.876. The zero-order valence-corrected chi connectivity index (χ0v) is 11.9. The smallest absolute Gasteiger partial charge is 0.242 e.